The Morgan fingerprint density at radius 1 is 1.33 bits per heavy atom. The smallest absolute Gasteiger partial charge is 0.271 e. The van der Waals surface area contributed by atoms with E-state index in [9.17, 15) is 18.0 Å². The van der Waals surface area contributed by atoms with Crippen molar-refractivity contribution in [2.45, 2.75) is 25.3 Å². The number of benzene rings is 1. The van der Waals surface area contributed by atoms with Crippen LogP contribution in [0.4, 0.5) is 5.69 Å². The Bertz CT molecular complexity index is 822. The molecule has 1 N–H and O–H groups in total. The highest BCUT2D eigenvalue weighted by atomic mass is 127. The van der Waals surface area contributed by atoms with Crippen molar-refractivity contribution in [1.29, 1.82) is 0 Å². The summed E-state index contributed by atoms with van der Waals surface area (Å²) in [5, 5.41) is 8.11. The molecule has 0 saturated carbocycles. The van der Waals surface area contributed by atoms with Crippen LogP contribution >= 0.6 is 22.6 Å². The first-order chi connectivity index (χ1) is 11.3. The number of hydrogen-bond acceptors (Lipinski definition) is 5. The molecule has 0 radical (unpaired) electrons. The lowest BCUT2D eigenvalue weighted by Crippen LogP contribution is -2.42. The van der Waals surface area contributed by atoms with Gasteiger partial charge in [-0.1, -0.05) is 6.07 Å². The zero-order valence-electron chi connectivity index (χ0n) is 12.7. The van der Waals surface area contributed by atoms with Gasteiger partial charge in [0.1, 0.15) is 5.71 Å². The fourth-order valence-electron chi connectivity index (χ4n) is 2.76. The van der Waals surface area contributed by atoms with Crippen LogP contribution in [0.5, 0.6) is 0 Å². The van der Waals surface area contributed by atoms with E-state index in [2.05, 4.69) is 33.0 Å². The van der Waals surface area contributed by atoms with E-state index in [0.717, 1.165) is 3.57 Å². The molecule has 1 saturated heterocycles. The van der Waals surface area contributed by atoms with Crippen molar-refractivity contribution in [3.63, 3.8) is 0 Å². The maximum absolute atomic E-state index is 12.4. The van der Waals surface area contributed by atoms with Crippen LogP contribution in [0.1, 0.15) is 19.3 Å². The molecule has 128 valence electrons. The van der Waals surface area contributed by atoms with E-state index in [1.807, 2.05) is 18.2 Å². The average Bonchev–Trinajstić information content (AvgIpc) is 2.87. The number of amides is 2. The minimum absolute atomic E-state index is 0.0565. The van der Waals surface area contributed by atoms with Gasteiger partial charge in [-0.15, -0.1) is 0 Å². The Morgan fingerprint density at radius 2 is 2.12 bits per heavy atom. The van der Waals surface area contributed by atoms with Gasteiger partial charge < -0.3 is 5.32 Å². The number of carbonyl (C=O) groups is 2. The van der Waals surface area contributed by atoms with Crippen LogP contribution in [0.15, 0.2) is 29.4 Å². The molecule has 1 atom stereocenters. The molecule has 3 rings (SSSR count). The van der Waals surface area contributed by atoms with Crippen LogP contribution in [-0.4, -0.2) is 48.5 Å². The van der Waals surface area contributed by atoms with Gasteiger partial charge >= 0.3 is 0 Å². The number of nitrogens with zero attached hydrogens (tertiary/aromatic N) is 2. The van der Waals surface area contributed by atoms with Gasteiger partial charge in [-0.3, -0.25) is 9.59 Å². The number of rotatable bonds is 3. The molecule has 1 aromatic carbocycles. The molecule has 0 spiro atoms. The lowest BCUT2D eigenvalue weighted by atomic mass is 10.1. The maximum Gasteiger partial charge on any atom is 0.271 e. The van der Waals surface area contributed by atoms with E-state index in [1.165, 1.54) is 5.01 Å². The van der Waals surface area contributed by atoms with Crippen molar-refractivity contribution in [2.24, 2.45) is 5.10 Å². The van der Waals surface area contributed by atoms with E-state index in [1.54, 1.807) is 6.07 Å². The number of anilines is 1. The molecule has 0 aliphatic carbocycles. The van der Waals surface area contributed by atoms with Crippen molar-refractivity contribution in [3.8, 4) is 0 Å². The quantitative estimate of drug-likeness (QED) is 0.689. The molecular weight excluding hydrogens is 445 g/mol. The van der Waals surface area contributed by atoms with Crippen molar-refractivity contribution >= 4 is 55.6 Å². The Kier molecular flexibility index (Phi) is 4.90. The molecule has 2 aliphatic heterocycles. The molecule has 1 aromatic rings. The van der Waals surface area contributed by atoms with Gasteiger partial charge in [0.25, 0.3) is 5.91 Å². The van der Waals surface area contributed by atoms with Crippen LogP contribution in [-0.2, 0) is 19.4 Å². The Hall–Kier alpha value is -1.49. The van der Waals surface area contributed by atoms with Crippen molar-refractivity contribution < 1.29 is 18.0 Å². The average molecular weight is 461 g/mol. The number of sulfone groups is 1. The van der Waals surface area contributed by atoms with E-state index in [4.69, 9.17) is 0 Å². The summed E-state index contributed by atoms with van der Waals surface area (Å²) in [7, 11) is -3.12. The maximum atomic E-state index is 12.4. The Morgan fingerprint density at radius 3 is 2.79 bits per heavy atom. The third-order valence-electron chi connectivity index (χ3n) is 3.96. The second-order valence-corrected chi connectivity index (χ2v) is 9.28. The third kappa shape index (κ3) is 3.94. The number of halogens is 1. The molecule has 2 amide bonds. The zero-order chi connectivity index (χ0) is 17.3. The van der Waals surface area contributed by atoms with Gasteiger partial charge in [0.15, 0.2) is 9.84 Å². The number of carbonyl (C=O) groups excluding carboxylic acids is 2. The van der Waals surface area contributed by atoms with Crippen molar-refractivity contribution in [1.82, 2.24) is 5.01 Å². The predicted molar refractivity (Wildman–Crippen MR) is 98.4 cm³/mol. The molecule has 0 bridgehead atoms. The highest BCUT2D eigenvalue weighted by Gasteiger charge is 2.37. The molecule has 24 heavy (non-hydrogen) atoms. The van der Waals surface area contributed by atoms with Crippen molar-refractivity contribution in [3.05, 3.63) is 27.8 Å². The first kappa shape index (κ1) is 17.3. The number of hydrazone groups is 1. The van der Waals surface area contributed by atoms with Gasteiger partial charge in [-0.25, -0.2) is 13.4 Å². The Balaban J connectivity index is 1.76. The molecule has 1 fully saturated rings. The lowest BCUT2D eigenvalue weighted by molar-refractivity contribution is -0.133. The van der Waals surface area contributed by atoms with Crippen LogP contribution in [0.3, 0.4) is 0 Å². The molecule has 2 heterocycles. The van der Waals surface area contributed by atoms with E-state index >= 15 is 0 Å². The second kappa shape index (κ2) is 6.79. The summed E-state index contributed by atoms with van der Waals surface area (Å²) >= 11 is 2.15. The van der Waals surface area contributed by atoms with Crippen LogP contribution in [0.2, 0.25) is 0 Å². The zero-order valence-corrected chi connectivity index (χ0v) is 15.7. The van der Waals surface area contributed by atoms with Crippen LogP contribution in [0.25, 0.3) is 0 Å². The monoisotopic (exact) mass is 461 g/mol. The van der Waals surface area contributed by atoms with Crippen LogP contribution < -0.4 is 5.32 Å². The fraction of sp³-hybridized carbons (Fsp3) is 0.400. The van der Waals surface area contributed by atoms with E-state index in [0.29, 0.717) is 12.1 Å². The summed E-state index contributed by atoms with van der Waals surface area (Å²) in [6, 6.07) is 6.88. The molecule has 0 aromatic heterocycles. The topological polar surface area (TPSA) is 95.9 Å². The van der Waals surface area contributed by atoms with Gasteiger partial charge in [0.05, 0.1) is 17.5 Å². The molecule has 2 aliphatic rings. The molecular formula is C15H16IN3O4S. The number of hydrogen-bond donors (Lipinski definition) is 1. The summed E-state index contributed by atoms with van der Waals surface area (Å²) in [6.07, 6.45) is 0.781. The molecule has 9 heteroatoms. The second-order valence-electron chi connectivity index (χ2n) is 5.81. The normalized spacial score (nSPS) is 23.0. The standard InChI is InChI=1S/C15H16IN3O4S/c16-10-2-1-3-11(8-10)17-15(21)13-4-5-14(20)19(18-13)12-6-7-24(22,23)9-12/h1-3,8,12H,4-7,9H2,(H,17,21)/t12-/m0/s1. The summed E-state index contributed by atoms with van der Waals surface area (Å²) in [5.74, 6) is -0.632. The highest BCUT2D eigenvalue weighted by molar-refractivity contribution is 14.1. The van der Waals surface area contributed by atoms with Gasteiger partial charge in [0, 0.05) is 22.1 Å². The van der Waals surface area contributed by atoms with E-state index < -0.39 is 15.9 Å². The summed E-state index contributed by atoms with van der Waals surface area (Å²) in [6.45, 7) is 0. The first-order valence-electron chi connectivity index (χ1n) is 7.51. The summed E-state index contributed by atoms with van der Waals surface area (Å²) < 4.78 is 24.2. The minimum Gasteiger partial charge on any atom is -0.321 e. The van der Waals surface area contributed by atoms with E-state index in [-0.39, 0.29) is 41.9 Å². The third-order valence-corrected chi connectivity index (χ3v) is 6.38. The summed E-state index contributed by atoms with van der Waals surface area (Å²) in [4.78, 5) is 24.4. The Labute approximate surface area is 153 Å². The summed E-state index contributed by atoms with van der Waals surface area (Å²) in [5.41, 5.74) is 0.902. The highest BCUT2D eigenvalue weighted by Crippen LogP contribution is 2.22. The molecule has 0 unspecified atom stereocenters. The molecule has 7 nitrogen and oxygen atoms in total. The lowest BCUT2D eigenvalue weighted by Gasteiger charge is -2.27. The van der Waals surface area contributed by atoms with Crippen LogP contribution in [0, 0.1) is 3.57 Å². The van der Waals surface area contributed by atoms with Crippen molar-refractivity contribution in [2.75, 3.05) is 16.8 Å². The van der Waals surface area contributed by atoms with Gasteiger partial charge in [-0.2, -0.15) is 5.10 Å². The number of nitrogens with one attached hydrogen (secondary N) is 1. The first-order valence-corrected chi connectivity index (χ1v) is 10.4. The van der Waals surface area contributed by atoms with Gasteiger partial charge in [0.2, 0.25) is 5.91 Å². The largest absolute Gasteiger partial charge is 0.321 e. The SMILES string of the molecule is O=C(Nc1cccc(I)c1)C1=NN([C@H]2CCS(=O)(=O)C2)C(=O)CC1. The predicted octanol–water partition coefficient (Wildman–Crippen LogP) is 1.40. The van der Waals surface area contributed by atoms with Gasteiger partial charge in [-0.05, 0) is 47.2 Å². The fourth-order valence-corrected chi connectivity index (χ4v) is 4.99. The minimum atomic E-state index is -3.12.